The molecule has 0 unspecified atom stereocenters. The van der Waals surface area contributed by atoms with Crippen LogP contribution in [0.15, 0.2) is 42.7 Å². The third kappa shape index (κ3) is 2.30. The Balaban J connectivity index is 1.93. The van der Waals surface area contributed by atoms with Gasteiger partial charge in [-0.1, -0.05) is 6.07 Å². The summed E-state index contributed by atoms with van der Waals surface area (Å²) < 4.78 is 2.17. The summed E-state index contributed by atoms with van der Waals surface area (Å²) in [6, 6.07) is 9.87. The summed E-state index contributed by atoms with van der Waals surface area (Å²) in [5.74, 6) is 0.856. The Morgan fingerprint density at radius 1 is 1.30 bits per heavy atom. The number of rotatable bonds is 4. The highest BCUT2D eigenvalue weighted by molar-refractivity contribution is 5.81. The number of nitrogen functional groups attached to an aromatic ring is 1. The summed E-state index contributed by atoms with van der Waals surface area (Å²) in [5, 5.41) is 3.14. The van der Waals surface area contributed by atoms with Crippen molar-refractivity contribution < 1.29 is 0 Å². The minimum atomic E-state index is 0.733. The molecule has 20 heavy (non-hydrogen) atoms. The summed E-state index contributed by atoms with van der Waals surface area (Å²) in [7, 11) is 1.88. The first kappa shape index (κ1) is 12.5. The molecule has 2 aromatic heterocycles. The van der Waals surface area contributed by atoms with E-state index in [0.717, 1.165) is 35.6 Å². The lowest BCUT2D eigenvalue weighted by Crippen LogP contribution is -2.06. The fourth-order valence-corrected chi connectivity index (χ4v) is 2.35. The van der Waals surface area contributed by atoms with Crippen LogP contribution >= 0.6 is 0 Å². The molecule has 2 heterocycles. The maximum Gasteiger partial charge on any atom is 0.203 e. The van der Waals surface area contributed by atoms with Crippen LogP contribution in [0.4, 0.5) is 11.6 Å². The number of anilines is 2. The van der Waals surface area contributed by atoms with Gasteiger partial charge >= 0.3 is 0 Å². The van der Waals surface area contributed by atoms with E-state index in [9.17, 15) is 0 Å². The highest BCUT2D eigenvalue weighted by atomic mass is 15.2. The molecule has 0 amide bonds. The van der Waals surface area contributed by atoms with Gasteiger partial charge in [-0.2, -0.15) is 0 Å². The number of aryl methyl sites for hydroxylation is 2. The maximum absolute atomic E-state index is 5.81. The molecule has 0 spiro atoms. The molecule has 0 aliphatic rings. The van der Waals surface area contributed by atoms with Gasteiger partial charge in [0.1, 0.15) is 0 Å². The monoisotopic (exact) mass is 267 g/mol. The third-order valence-corrected chi connectivity index (χ3v) is 3.34. The van der Waals surface area contributed by atoms with E-state index in [4.69, 9.17) is 5.73 Å². The molecule has 0 aliphatic heterocycles. The normalized spacial score (nSPS) is 10.8. The minimum Gasteiger partial charge on any atom is -0.399 e. The highest BCUT2D eigenvalue weighted by Gasteiger charge is 2.09. The number of nitrogens with one attached hydrogen (secondary N) is 1. The van der Waals surface area contributed by atoms with Crippen molar-refractivity contribution in [1.82, 2.24) is 14.5 Å². The van der Waals surface area contributed by atoms with Gasteiger partial charge in [-0.25, -0.2) is 4.98 Å². The van der Waals surface area contributed by atoms with Gasteiger partial charge in [0.15, 0.2) is 0 Å². The molecular formula is C15H17N5. The molecule has 1 aromatic carbocycles. The number of pyridine rings is 1. The number of nitrogens with two attached hydrogens (primary N) is 1. The number of benzene rings is 1. The Morgan fingerprint density at radius 2 is 2.20 bits per heavy atom. The predicted octanol–water partition coefficient (Wildman–Crippen LogP) is 2.30. The van der Waals surface area contributed by atoms with Crippen molar-refractivity contribution in [3.63, 3.8) is 0 Å². The van der Waals surface area contributed by atoms with Gasteiger partial charge in [0.25, 0.3) is 0 Å². The molecule has 0 atom stereocenters. The smallest absolute Gasteiger partial charge is 0.203 e. The van der Waals surface area contributed by atoms with Crippen LogP contribution in [-0.4, -0.2) is 21.6 Å². The van der Waals surface area contributed by atoms with Crippen LogP contribution in [0, 0.1) is 0 Å². The summed E-state index contributed by atoms with van der Waals surface area (Å²) in [6.45, 7) is 0.849. The quantitative estimate of drug-likeness (QED) is 0.712. The van der Waals surface area contributed by atoms with Gasteiger partial charge in [-0.05, 0) is 36.2 Å². The molecule has 0 saturated carbocycles. The van der Waals surface area contributed by atoms with Gasteiger partial charge in [0.05, 0.1) is 11.0 Å². The number of nitrogens with zero attached hydrogens (tertiary/aromatic N) is 3. The average Bonchev–Trinajstić information content (AvgIpc) is 2.83. The van der Waals surface area contributed by atoms with E-state index in [1.807, 2.05) is 37.5 Å². The van der Waals surface area contributed by atoms with Crippen molar-refractivity contribution in [2.75, 3.05) is 18.1 Å². The molecule has 102 valence electrons. The lowest BCUT2D eigenvalue weighted by Gasteiger charge is -2.08. The largest absolute Gasteiger partial charge is 0.399 e. The SMILES string of the molecule is CNc1nc2cc(N)ccc2n1CCc1cccnc1. The van der Waals surface area contributed by atoms with Gasteiger partial charge in [-0.3, -0.25) is 4.98 Å². The number of hydrogen-bond donors (Lipinski definition) is 2. The van der Waals surface area contributed by atoms with E-state index < -0.39 is 0 Å². The molecule has 3 rings (SSSR count). The van der Waals surface area contributed by atoms with E-state index in [0.29, 0.717) is 0 Å². The summed E-state index contributed by atoms with van der Waals surface area (Å²) in [5.41, 5.74) is 9.77. The summed E-state index contributed by atoms with van der Waals surface area (Å²) in [4.78, 5) is 8.70. The second-order valence-electron chi connectivity index (χ2n) is 4.70. The van der Waals surface area contributed by atoms with Crippen LogP contribution in [0.5, 0.6) is 0 Å². The first-order valence-corrected chi connectivity index (χ1v) is 6.60. The fourth-order valence-electron chi connectivity index (χ4n) is 2.35. The first-order valence-electron chi connectivity index (χ1n) is 6.60. The van der Waals surface area contributed by atoms with Crippen LogP contribution in [0.1, 0.15) is 5.56 Å². The van der Waals surface area contributed by atoms with Crippen molar-refractivity contribution in [3.05, 3.63) is 48.3 Å². The van der Waals surface area contributed by atoms with Crippen LogP contribution in [-0.2, 0) is 13.0 Å². The van der Waals surface area contributed by atoms with Gasteiger partial charge in [0.2, 0.25) is 5.95 Å². The second-order valence-corrected chi connectivity index (χ2v) is 4.70. The zero-order chi connectivity index (χ0) is 13.9. The summed E-state index contributed by atoms with van der Waals surface area (Å²) in [6.07, 6.45) is 4.60. The lowest BCUT2D eigenvalue weighted by atomic mass is 10.2. The Bertz CT molecular complexity index is 718. The van der Waals surface area contributed by atoms with Crippen LogP contribution in [0.2, 0.25) is 0 Å². The van der Waals surface area contributed by atoms with Crippen LogP contribution in [0.3, 0.4) is 0 Å². The topological polar surface area (TPSA) is 68.8 Å². The molecule has 5 heteroatoms. The predicted molar refractivity (Wildman–Crippen MR) is 81.6 cm³/mol. The third-order valence-electron chi connectivity index (χ3n) is 3.34. The summed E-state index contributed by atoms with van der Waals surface area (Å²) >= 11 is 0. The lowest BCUT2D eigenvalue weighted by molar-refractivity contribution is 0.721. The zero-order valence-corrected chi connectivity index (χ0v) is 11.4. The number of fused-ring (bicyclic) bond motifs is 1. The molecule has 0 radical (unpaired) electrons. The van der Waals surface area contributed by atoms with E-state index in [1.165, 1.54) is 5.56 Å². The Kier molecular flexibility index (Phi) is 3.25. The molecular weight excluding hydrogens is 250 g/mol. The minimum absolute atomic E-state index is 0.733. The highest BCUT2D eigenvalue weighted by Crippen LogP contribution is 2.22. The maximum atomic E-state index is 5.81. The Hall–Kier alpha value is -2.56. The zero-order valence-electron chi connectivity index (χ0n) is 11.4. The average molecular weight is 267 g/mol. The molecule has 0 fully saturated rings. The van der Waals surface area contributed by atoms with Crippen molar-refractivity contribution in [3.8, 4) is 0 Å². The van der Waals surface area contributed by atoms with Gasteiger partial charge in [0, 0.05) is 31.7 Å². The second kappa shape index (κ2) is 5.21. The van der Waals surface area contributed by atoms with Crippen molar-refractivity contribution in [1.29, 1.82) is 0 Å². The van der Waals surface area contributed by atoms with Gasteiger partial charge in [-0.15, -0.1) is 0 Å². The fraction of sp³-hybridized carbons (Fsp3) is 0.200. The van der Waals surface area contributed by atoms with Crippen molar-refractivity contribution >= 4 is 22.7 Å². The van der Waals surface area contributed by atoms with E-state index in [-0.39, 0.29) is 0 Å². The first-order chi connectivity index (χ1) is 9.78. The molecule has 5 nitrogen and oxygen atoms in total. The molecule has 3 N–H and O–H groups in total. The van der Waals surface area contributed by atoms with Crippen molar-refractivity contribution in [2.45, 2.75) is 13.0 Å². The van der Waals surface area contributed by atoms with Crippen LogP contribution < -0.4 is 11.1 Å². The molecule has 3 aromatic rings. The number of imidazole rings is 1. The molecule has 0 saturated heterocycles. The standard InChI is InChI=1S/C15H17N5/c1-17-15-19-13-9-12(16)4-5-14(13)20(15)8-6-11-3-2-7-18-10-11/h2-5,7,9-10H,6,8,16H2,1H3,(H,17,19). The van der Waals surface area contributed by atoms with E-state index in [2.05, 4.69) is 25.9 Å². The van der Waals surface area contributed by atoms with Gasteiger partial charge < -0.3 is 15.6 Å². The molecule has 0 bridgehead atoms. The number of aromatic nitrogens is 3. The number of hydrogen-bond acceptors (Lipinski definition) is 4. The molecule has 0 aliphatic carbocycles. The Morgan fingerprint density at radius 3 is 2.95 bits per heavy atom. The van der Waals surface area contributed by atoms with Crippen molar-refractivity contribution in [2.24, 2.45) is 0 Å². The Labute approximate surface area is 117 Å². The van der Waals surface area contributed by atoms with E-state index in [1.54, 1.807) is 6.20 Å². The van der Waals surface area contributed by atoms with Crippen LogP contribution in [0.25, 0.3) is 11.0 Å². The van der Waals surface area contributed by atoms with E-state index >= 15 is 0 Å².